The minimum Gasteiger partial charge on any atom is -0.476 e. The molecule has 1 aliphatic rings. The minimum absolute atomic E-state index is 0.0818. The third kappa shape index (κ3) is 2.20. The predicted octanol–water partition coefficient (Wildman–Crippen LogP) is 0.314. The summed E-state index contributed by atoms with van der Waals surface area (Å²) in [6, 6.07) is 0. The molecule has 2 rings (SSSR count). The van der Waals surface area contributed by atoms with E-state index < -0.39 is 5.97 Å². The van der Waals surface area contributed by atoms with E-state index in [1.807, 2.05) is 0 Å². The quantitative estimate of drug-likeness (QED) is 0.807. The normalized spacial score (nSPS) is 16.1. The van der Waals surface area contributed by atoms with E-state index in [0.29, 0.717) is 26.3 Å². The molecular weight excluding hydrogens is 232 g/mol. The van der Waals surface area contributed by atoms with Gasteiger partial charge in [-0.15, -0.1) is 11.3 Å². The van der Waals surface area contributed by atoms with Crippen molar-refractivity contribution in [3.8, 4) is 0 Å². The molecule has 6 nitrogen and oxygen atoms in total. The first-order chi connectivity index (χ1) is 7.68. The first-order valence-corrected chi connectivity index (χ1v) is 5.62. The highest BCUT2D eigenvalue weighted by atomic mass is 32.1. The van der Waals surface area contributed by atoms with Crippen LogP contribution in [0, 0.1) is 0 Å². The molecule has 0 aromatic carbocycles. The summed E-state index contributed by atoms with van der Waals surface area (Å²) in [5, 5.41) is 10.3. The maximum atomic E-state index is 11.9. The number of carboxylic acid groups (broad SMARTS) is 1. The van der Waals surface area contributed by atoms with Gasteiger partial charge in [0.05, 0.1) is 13.2 Å². The van der Waals surface area contributed by atoms with Crippen molar-refractivity contribution in [3.05, 3.63) is 16.1 Å². The van der Waals surface area contributed by atoms with E-state index in [1.54, 1.807) is 4.90 Å². The number of carbonyl (C=O) groups excluding carboxylic acids is 1. The molecule has 16 heavy (non-hydrogen) atoms. The number of hydrogen-bond acceptors (Lipinski definition) is 5. The summed E-state index contributed by atoms with van der Waals surface area (Å²) in [5.74, 6) is -1.34. The van der Waals surface area contributed by atoms with Crippen LogP contribution >= 0.6 is 11.3 Å². The highest BCUT2D eigenvalue weighted by molar-refractivity contribution is 7.11. The number of amides is 1. The van der Waals surface area contributed by atoms with Crippen LogP contribution in [0.25, 0.3) is 0 Å². The fraction of sp³-hybridized carbons (Fsp3) is 0.444. The Morgan fingerprint density at radius 1 is 1.44 bits per heavy atom. The molecule has 1 saturated heterocycles. The van der Waals surface area contributed by atoms with Gasteiger partial charge in [0.15, 0.2) is 10.7 Å². The van der Waals surface area contributed by atoms with Crippen LogP contribution in [0.2, 0.25) is 0 Å². The van der Waals surface area contributed by atoms with Gasteiger partial charge in [0.2, 0.25) is 0 Å². The molecule has 1 amide bonds. The number of carbonyl (C=O) groups is 2. The SMILES string of the molecule is O=C(O)c1csc(C(=O)N2CCOCC2)n1. The second-order valence-electron chi connectivity index (χ2n) is 3.25. The van der Waals surface area contributed by atoms with Gasteiger partial charge in [0.25, 0.3) is 5.91 Å². The lowest BCUT2D eigenvalue weighted by atomic mass is 10.4. The summed E-state index contributed by atoms with van der Waals surface area (Å²) < 4.78 is 5.12. The number of ether oxygens (including phenoxy) is 1. The number of aromatic carboxylic acids is 1. The zero-order chi connectivity index (χ0) is 11.5. The number of rotatable bonds is 2. The molecular formula is C9H10N2O4S. The zero-order valence-corrected chi connectivity index (χ0v) is 9.20. The van der Waals surface area contributed by atoms with E-state index in [-0.39, 0.29) is 16.6 Å². The molecule has 1 aliphatic heterocycles. The maximum Gasteiger partial charge on any atom is 0.355 e. The lowest BCUT2D eigenvalue weighted by molar-refractivity contribution is 0.0302. The number of nitrogens with zero attached hydrogens (tertiary/aromatic N) is 2. The first kappa shape index (κ1) is 11.0. The molecule has 0 spiro atoms. The van der Waals surface area contributed by atoms with Gasteiger partial charge in [-0.1, -0.05) is 0 Å². The standard InChI is InChI=1S/C9H10N2O4S/c12-8(11-1-3-15-4-2-11)7-10-6(5-16-7)9(13)14/h5H,1-4H2,(H,13,14). The summed E-state index contributed by atoms with van der Waals surface area (Å²) in [6.07, 6.45) is 0. The van der Waals surface area contributed by atoms with Crippen molar-refractivity contribution in [3.63, 3.8) is 0 Å². The zero-order valence-electron chi connectivity index (χ0n) is 8.38. The molecule has 7 heteroatoms. The molecule has 0 bridgehead atoms. The van der Waals surface area contributed by atoms with Crippen LogP contribution in [-0.2, 0) is 4.74 Å². The Hall–Kier alpha value is -1.47. The summed E-state index contributed by atoms with van der Waals surface area (Å²) in [5.41, 5.74) is -0.0818. The molecule has 86 valence electrons. The Morgan fingerprint density at radius 2 is 2.12 bits per heavy atom. The first-order valence-electron chi connectivity index (χ1n) is 4.74. The Kier molecular flexibility index (Phi) is 3.16. The van der Waals surface area contributed by atoms with Crippen LogP contribution < -0.4 is 0 Å². The number of morpholine rings is 1. The highest BCUT2D eigenvalue weighted by Gasteiger charge is 2.22. The second-order valence-corrected chi connectivity index (χ2v) is 4.11. The molecule has 0 radical (unpaired) electrons. The molecule has 0 aliphatic carbocycles. The van der Waals surface area contributed by atoms with Crippen molar-refractivity contribution >= 4 is 23.2 Å². The topological polar surface area (TPSA) is 79.7 Å². The van der Waals surface area contributed by atoms with Crippen LogP contribution in [0.5, 0.6) is 0 Å². The van der Waals surface area contributed by atoms with Gasteiger partial charge in [0.1, 0.15) is 0 Å². The fourth-order valence-electron chi connectivity index (χ4n) is 1.37. The number of thiazole rings is 1. The lowest BCUT2D eigenvalue weighted by Crippen LogP contribution is -2.40. The van der Waals surface area contributed by atoms with Gasteiger partial charge in [-0.05, 0) is 0 Å². The van der Waals surface area contributed by atoms with Crippen LogP contribution in [0.15, 0.2) is 5.38 Å². The average Bonchev–Trinajstić information content (AvgIpc) is 2.78. The van der Waals surface area contributed by atoms with E-state index in [1.165, 1.54) is 5.38 Å². The smallest absolute Gasteiger partial charge is 0.355 e. The molecule has 0 atom stereocenters. The van der Waals surface area contributed by atoms with Crippen LogP contribution in [0.3, 0.4) is 0 Å². The van der Waals surface area contributed by atoms with Gasteiger partial charge in [0, 0.05) is 18.5 Å². The number of aromatic nitrogens is 1. The van der Waals surface area contributed by atoms with Crippen LogP contribution in [0.4, 0.5) is 0 Å². The van der Waals surface area contributed by atoms with Gasteiger partial charge in [-0.25, -0.2) is 9.78 Å². The van der Waals surface area contributed by atoms with Crippen molar-refractivity contribution in [1.82, 2.24) is 9.88 Å². The van der Waals surface area contributed by atoms with Gasteiger partial charge in [-0.3, -0.25) is 4.79 Å². The summed E-state index contributed by atoms with van der Waals surface area (Å²) in [6.45, 7) is 2.09. The molecule has 0 saturated carbocycles. The average molecular weight is 242 g/mol. The van der Waals surface area contributed by atoms with Gasteiger partial charge in [-0.2, -0.15) is 0 Å². The molecule has 1 fully saturated rings. The second kappa shape index (κ2) is 4.58. The maximum absolute atomic E-state index is 11.9. The summed E-state index contributed by atoms with van der Waals surface area (Å²) >= 11 is 1.06. The molecule has 1 N–H and O–H groups in total. The molecule has 1 aromatic rings. The Bertz CT molecular complexity index is 411. The summed E-state index contributed by atoms with van der Waals surface area (Å²) in [4.78, 5) is 27.9. The fourth-order valence-corrected chi connectivity index (χ4v) is 2.13. The third-order valence-corrected chi connectivity index (χ3v) is 3.03. The van der Waals surface area contributed by atoms with E-state index in [0.717, 1.165) is 11.3 Å². The Balaban J connectivity index is 2.10. The van der Waals surface area contributed by atoms with Crippen molar-refractivity contribution in [2.75, 3.05) is 26.3 Å². The van der Waals surface area contributed by atoms with Crippen LogP contribution in [-0.4, -0.2) is 53.2 Å². The molecule has 2 heterocycles. The van der Waals surface area contributed by atoms with Crippen molar-refractivity contribution < 1.29 is 19.4 Å². The monoisotopic (exact) mass is 242 g/mol. The number of hydrogen-bond donors (Lipinski definition) is 1. The van der Waals surface area contributed by atoms with Crippen molar-refractivity contribution in [2.24, 2.45) is 0 Å². The molecule has 1 aromatic heterocycles. The van der Waals surface area contributed by atoms with E-state index in [2.05, 4.69) is 4.98 Å². The van der Waals surface area contributed by atoms with Gasteiger partial charge >= 0.3 is 5.97 Å². The van der Waals surface area contributed by atoms with E-state index in [4.69, 9.17) is 9.84 Å². The highest BCUT2D eigenvalue weighted by Crippen LogP contribution is 2.13. The van der Waals surface area contributed by atoms with E-state index >= 15 is 0 Å². The summed E-state index contributed by atoms with van der Waals surface area (Å²) in [7, 11) is 0. The minimum atomic E-state index is -1.11. The van der Waals surface area contributed by atoms with Crippen LogP contribution in [0.1, 0.15) is 20.3 Å². The lowest BCUT2D eigenvalue weighted by Gasteiger charge is -2.25. The molecule has 0 unspecified atom stereocenters. The largest absolute Gasteiger partial charge is 0.476 e. The Labute approximate surface area is 95.5 Å². The van der Waals surface area contributed by atoms with Crippen molar-refractivity contribution in [2.45, 2.75) is 0 Å². The third-order valence-electron chi connectivity index (χ3n) is 2.20. The van der Waals surface area contributed by atoms with E-state index in [9.17, 15) is 9.59 Å². The van der Waals surface area contributed by atoms with Gasteiger partial charge < -0.3 is 14.7 Å². The number of carboxylic acids is 1. The predicted molar refractivity (Wildman–Crippen MR) is 55.8 cm³/mol. The van der Waals surface area contributed by atoms with Crippen molar-refractivity contribution in [1.29, 1.82) is 0 Å². The Morgan fingerprint density at radius 3 is 2.69 bits per heavy atom.